The summed E-state index contributed by atoms with van der Waals surface area (Å²) in [5.74, 6) is 0. The van der Waals surface area contributed by atoms with Gasteiger partial charge in [0.05, 0.1) is 0 Å². The number of hydrogen-bond acceptors (Lipinski definition) is 2. The van der Waals surface area contributed by atoms with Gasteiger partial charge >= 0.3 is 0 Å². The Labute approximate surface area is 370 Å². The topological polar surface area (TPSA) is 6.48 Å². The summed E-state index contributed by atoms with van der Waals surface area (Å²) in [6.45, 7) is 26.5. The van der Waals surface area contributed by atoms with Crippen LogP contribution in [0.2, 0.25) is 0 Å². The fraction of sp³-hybridized carbons (Fsp3) is 0.288. The van der Waals surface area contributed by atoms with E-state index in [1.54, 1.807) is 0 Å². The van der Waals surface area contributed by atoms with E-state index in [1.165, 1.54) is 125 Å². The highest BCUT2D eigenvalue weighted by Crippen LogP contribution is 2.55. The first-order chi connectivity index (χ1) is 29.5. The van der Waals surface area contributed by atoms with Crippen LogP contribution < -0.4 is 26.2 Å². The first kappa shape index (κ1) is 39.1. The minimum atomic E-state index is -0.206. The fourth-order valence-electron chi connectivity index (χ4n) is 11.9. The van der Waals surface area contributed by atoms with Gasteiger partial charge in [0.15, 0.2) is 0 Å². The molecule has 0 spiro atoms. The first-order valence-corrected chi connectivity index (χ1v) is 22.9. The maximum absolute atomic E-state index is 2.70. The molecule has 7 aromatic rings. The van der Waals surface area contributed by atoms with Crippen molar-refractivity contribution in [2.45, 2.75) is 111 Å². The van der Waals surface area contributed by atoms with Crippen molar-refractivity contribution < 1.29 is 0 Å². The molecule has 0 unspecified atom stereocenters. The summed E-state index contributed by atoms with van der Waals surface area (Å²) in [6, 6.07) is 51.8. The van der Waals surface area contributed by atoms with Crippen LogP contribution in [0.3, 0.4) is 0 Å². The highest BCUT2D eigenvalue weighted by Gasteiger charge is 2.50. The van der Waals surface area contributed by atoms with Gasteiger partial charge in [0.25, 0.3) is 6.71 Å². The van der Waals surface area contributed by atoms with Crippen LogP contribution in [0.25, 0.3) is 22.3 Å². The predicted octanol–water partition coefficient (Wildman–Crippen LogP) is 14.0. The minimum Gasteiger partial charge on any atom is -0.311 e. The Bertz CT molecular complexity index is 3010. The van der Waals surface area contributed by atoms with Crippen LogP contribution in [-0.4, -0.2) is 6.71 Å². The Balaban J connectivity index is 1.33. The van der Waals surface area contributed by atoms with Gasteiger partial charge in [-0.25, -0.2) is 0 Å². The summed E-state index contributed by atoms with van der Waals surface area (Å²) in [6.07, 6.45) is 2.34. The zero-order chi connectivity index (χ0) is 43.2. The van der Waals surface area contributed by atoms with Gasteiger partial charge in [-0.1, -0.05) is 159 Å². The van der Waals surface area contributed by atoms with Gasteiger partial charge in [0, 0.05) is 39.5 Å². The Kier molecular flexibility index (Phi) is 8.27. The van der Waals surface area contributed by atoms with Crippen LogP contribution in [0, 0.1) is 13.8 Å². The molecule has 0 amide bonds. The molecule has 2 aliphatic carbocycles. The van der Waals surface area contributed by atoms with Crippen molar-refractivity contribution in [3.05, 3.63) is 172 Å². The lowest BCUT2D eigenvalue weighted by atomic mass is 9.31. The molecule has 0 atom stereocenters. The van der Waals surface area contributed by atoms with E-state index in [0.717, 1.165) is 0 Å². The molecule has 0 bridgehead atoms. The second-order valence-corrected chi connectivity index (χ2v) is 21.8. The maximum Gasteiger partial charge on any atom is 0.252 e. The largest absolute Gasteiger partial charge is 0.311 e. The first-order valence-electron chi connectivity index (χ1n) is 22.9. The zero-order valence-corrected chi connectivity index (χ0v) is 38.6. The number of aryl methyl sites for hydroxylation is 2. The van der Waals surface area contributed by atoms with Gasteiger partial charge < -0.3 is 9.80 Å². The van der Waals surface area contributed by atoms with E-state index in [9.17, 15) is 0 Å². The summed E-state index contributed by atoms with van der Waals surface area (Å²) < 4.78 is 0. The molecule has 62 heavy (non-hydrogen) atoms. The molecule has 2 nitrogen and oxygen atoms in total. The van der Waals surface area contributed by atoms with Crippen molar-refractivity contribution >= 4 is 57.2 Å². The Morgan fingerprint density at radius 2 is 1.06 bits per heavy atom. The third-order valence-electron chi connectivity index (χ3n) is 15.5. The quantitative estimate of drug-likeness (QED) is 0.164. The minimum absolute atomic E-state index is 0.00942. The molecule has 0 saturated heterocycles. The standard InChI is InChI=1S/C59H59BN2/c1-36-19-15-18-24-47(36)61-49-28-26-42-41-22-16-17-23-43(41)59(10,11)53(42)55(49)60-46-34-44-45(58(8,9)30-29-57(44,6)7)35-50(46)62(48-27-25-40(31-37(48)2)56(3,4)5)52-33-39(32-51(61)54(52)60)38-20-13-12-14-21-38/h12-28,31-35H,29-30H2,1-11H3. The molecule has 4 aliphatic rings. The van der Waals surface area contributed by atoms with Gasteiger partial charge in [-0.05, 0) is 157 Å². The molecule has 7 aromatic carbocycles. The van der Waals surface area contributed by atoms with Crippen molar-refractivity contribution in [3.8, 4) is 22.3 Å². The lowest BCUT2D eigenvalue weighted by Crippen LogP contribution is -2.63. The second kappa shape index (κ2) is 13.1. The number of anilines is 6. The summed E-state index contributed by atoms with van der Waals surface area (Å²) >= 11 is 0. The van der Waals surface area contributed by atoms with E-state index in [4.69, 9.17) is 0 Å². The lowest BCUT2D eigenvalue weighted by Gasteiger charge is -2.48. The predicted molar refractivity (Wildman–Crippen MR) is 267 cm³/mol. The molecular weight excluding hydrogens is 747 g/mol. The van der Waals surface area contributed by atoms with E-state index >= 15 is 0 Å². The molecule has 0 radical (unpaired) electrons. The monoisotopic (exact) mass is 806 g/mol. The van der Waals surface area contributed by atoms with Crippen LogP contribution in [0.5, 0.6) is 0 Å². The molecule has 3 heteroatoms. The Hall–Kier alpha value is -5.80. The van der Waals surface area contributed by atoms with Crippen LogP contribution in [0.4, 0.5) is 34.1 Å². The zero-order valence-electron chi connectivity index (χ0n) is 38.6. The molecule has 0 aromatic heterocycles. The van der Waals surface area contributed by atoms with E-state index in [0.29, 0.717) is 0 Å². The smallest absolute Gasteiger partial charge is 0.252 e. The number of hydrogen-bond donors (Lipinski definition) is 0. The van der Waals surface area contributed by atoms with Gasteiger partial charge in [0.1, 0.15) is 0 Å². The van der Waals surface area contributed by atoms with Crippen LogP contribution in [-0.2, 0) is 21.7 Å². The number of para-hydroxylation sites is 1. The normalized spacial score (nSPS) is 17.1. The highest BCUT2D eigenvalue weighted by molar-refractivity contribution is 7.00. The number of fused-ring (bicyclic) bond motifs is 9. The Morgan fingerprint density at radius 1 is 0.468 bits per heavy atom. The van der Waals surface area contributed by atoms with Crippen molar-refractivity contribution in [1.29, 1.82) is 0 Å². The van der Waals surface area contributed by atoms with Crippen molar-refractivity contribution in [3.63, 3.8) is 0 Å². The molecule has 0 N–H and O–H groups in total. The second-order valence-electron chi connectivity index (χ2n) is 21.8. The molecule has 2 heterocycles. The number of rotatable bonds is 3. The average Bonchev–Trinajstić information content (AvgIpc) is 3.48. The molecule has 11 rings (SSSR count). The average molecular weight is 807 g/mol. The maximum atomic E-state index is 2.70. The van der Waals surface area contributed by atoms with Gasteiger partial charge in [-0.15, -0.1) is 0 Å². The summed E-state index contributed by atoms with van der Waals surface area (Å²) in [4.78, 5) is 5.32. The number of benzene rings is 7. The van der Waals surface area contributed by atoms with Crippen molar-refractivity contribution in [2.24, 2.45) is 0 Å². The van der Waals surface area contributed by atoms with E-state index < -0.39 is 0 Å². The van der Waals surface area contributed by atoms with Gasteiger partial charge in [-0.3, -0.25) is 0 Å². The third kappa shape index (κ3) is 5.49. The molecule has 0 fully saturated rings. The molecule has 0 saturated carbocycles. The molecule has 308 valence electrons. The van der Waals surface area contributed by atoms with Crippen LogP contribution in [0.15, 0.2) is 133 Å². The van der Waals surface area contributed by atoms with E-state index in [2.05, 4.69) is 219 Å². The summed E-state index contributed by atoms with van der Waals surface area (Å²) in [5.41, 5.74) is 26.8. The third-order valence-corrected chi connectivity index (χ3v) is 15.5. The molecule has 2 aliphatic heterocycles. The molecular formula is C59H59BN2. The number of nitrogens with zero attached hydrogens (tertiary/aromatic N) is 2. The van der Waals surface area contributed by atoms with E-state index in [-0.39, 0.29) is 28.4 Å². The van der Waals surface area contributed by atoms with Gasteiger partial charge in [0.2, 0.25) is 0 Å². The fourth-order valence-corrected chi connectivity index (χ4v) is 11.9. The Morgan fingerprint density at radius 3 is 1.74 bits per heavy atom. The summed E-state index contributed by atoms with van der Waals surface area (Å²) in [5, 5.41) is 0. The van der Waals surface area contributed by atoms with Crippen LogP contribution >= 0.6 is 0 Å². The van der Waals surface area contributed by atoms with Crippen molar-refractivity contribution in [2.75, 3.05) is 9.80 Å². The SMILES string of the molecule is Cc1cc(C(C)(C)C)ccc1N1c2cc3c(cc2B2c4c1cc(-c1ccccc1)cc4N(c1ccccc1C)c1ccc4c(c12)C(C)(C)c1ccccc1-4)C(C)(C)CCC3(C)C. The van der Waals surface area contributed by atoms with E-state index in [1.807, 2.05) is 0 Å². The van der Waals surface area contributed by atoms with Crippen LogP contribution in [0.1, 0.15) is 114 Å². The van der Waals surface area contributed by atoms with Crippen molar-refractivity contribution in [1.82, 2.24) is 0 Å². The summed E-state index contributed by atoms with van der Waals surface area (Å²) in [7, 11) is 0. The van der Waals surface area contributed by atoms with Gasteiger partial charge in [-0.2, -0.15) is 0 Å². The highest BCUT2D eigenvalue weighted by atomic mass is 15.2. The lowest BCUT2D eigenvalue weighted by molar-refractivity contribution is 0.332.